The van der Waals surface area contributed by atoms with Gasteiger partial charge in [-0.3, -0.25) is 9.69 Å². The molecular formula is C22H22FN3OS2. The van der Waals surface area contributed by atoms with Crippen molar-refractivity contribution in [3.05, 3.63) is 69.3 Å². The highest BCUT2D eigenvalue weighted by Gasteiger charge is 2.20. The number of carbonyl (C=O) groups is 1. The van der Waals surface area contributed by atoms with E-state index in [9.17, 15) is 9.18 Å². The molecule has 0 spiro atoms. The molecule has 0 unspecified atom stereocenters. The van der Waals surface area contributed by atoms with Gasteiger partial charge in [0.25, 0.3) is 0 Å². The summed E-state index contributed by atoms with van der Waals surface area (Å²) in [5, 5.41) is 3.20. The number of rotatable bonds is 5. The molecule has 1 aromatic carbocycles. The molecule has 0 bridgehead atoms. The number of aryl methyl sites for hydroxylation is 1. The van der Waals surface area contributed by atoms with Gasteiger partial charge in [0.15, 0.2) is 0 Å². The largest absolute Gasteiger partial charge is 0.337 e. The summed E-state index contributed by atoms with van der Waals surface area (Å²) < 4.78 is 13.1. The van der Waals surface area contributed by atoms with E-state index in [1.165, 1.54) is 12.1 Å². The van der Waals surface area contributed by atoms with Crippen molar-refractivity contribution < 1.29 is 9.18 Å². The van der Waals surface area contributed by atoms with Crippen molar-refractivity contribution in [3.8, 4) is 10.4 Å². The second-order valence-electron chi connectivity index (χ2n) is 7.00. The molecule has 4 rings (SSSR count). The van der Waals surface area contributed by atoms with Crippen LogP contribution in [-0.4, -0.2) is 46.9 Å². The number of halogens is 1. The summed E-state index contributed by atoms with van der Waals surface area (Å²) >= 11 is 3.27. The molecule has 0 N–H and O–H groups in total. The minimum Gasteiger partial charge on any atom is -0.337 e. The highest BCUT2D eigenvalue weighted by molar-refractivity contribution is 7.16. The monoisotopic (exact) mass is 427 g/mol. The molecular weight excluding hydrogens is 405 g/mol. The average molecular weight is 428 g/mol. The minimum atomic E-state index is -0.238. The molecule has 1 amide bonds. The maximum atomic E-state index is 13.1. The maximum Gasteiger partial charge on any atom is 0.246 e. The highest BCUT2D eigenvalue weighted by Crippen LogP contribution is 2.29. The van der Waals surface area contributed by atoms with Gasteiger partial charge in [0.2, 0.25) is 5.91 Å². The van der Waals surface area contributed by atoms with Crippen molar-refractivity contribution in [2.24, 2.45) is 0 Å². The van der Waals surface area contributed by atoms with E-state index in [1.54, 1.807) is 40.9 Å². The van der Waals surface area contributed by atoms with E-state index in [1.807, 2.05) is 30.0 Å². The van der Waals surface area contributed by atoms with Gasteiger partial charge < -0.3 is 4.90 Å². The fourth-order valence-electron chi connectivity index (χ4n) is 3.31. The molecule has 0 radical (unpaired) electrons. The van der Waals surface area contributed by atoms with Gasteiger partial charge in [-0.25, -0.2) is 9.37 Å². The fraction of sp³-hybridized carbons (Fsp3) is 0.273. The first kappa shape index (κ1) is 19.9. The van der Waals surface area contributed by atoms with Crippen molar-refractivity contribution in [2.75, 3.05) is 26.2 Å². The topological polar surface area (TPSA) is 36.4 Å². The van der Waals surface area contributed by atoms with Crippen LogP contribution in [0, 0.1) is 12.7 Å². The van der Waals surface area contributed by atoms with E-state index in [0.717, 1.165) is 58.7 Å². The molecule has 4 nitrogen and oxygen atoms in total. The van der Waals surface area contributed by atoms with Crippen molar-refractivity contribution in [1.82, 2.24) is 14.8 Å². The lowest BCUT2D eigenvalue weighted by molar-refractivity contribution is -0.127. The normalized spacial score (nSPS) is 15.3. The van der Waals surface area contributed by atoms with Crippen LogP contribution in [0.25, 0.3) is 16.5 Å². The summed E-state index contributed by atoms with van der Waals surface area (Å²) in [6, 6.07) is 10.5. The van der Waals surface area contributed by atoms with Gasteiger partial charge in [0.05, 0.1) is 10.7 Å². The van der Waals surface area contributed by atoms with E-state index in [-0.39, 0.29) is 11.7 Å². The zero-order valence-electron chi connectivity index (χ0n) is 16.2. The number of nitrogens with zero attached hydrogens (tertiary/aromatic N) is 3. The molecule has 0 saturated carbocycles. The highest BCUT2D eigenvalue weighted by atomic mass is 32.1. The van der Waals surface area contributed by atoms with Gasteiger partial charge >= 0.3 is 0 Å². The fourth-order valence-corrected chi connectivity index (χ4v) is 4.83. The molecule has 29 heavy (non-hydrogen) atoms. The van der Waals surface area contributed by atoms with Gasteiger partial charge in [-0.05, 0) is 42.8 Å². The summed E-state index contributed by atoms with van der Waals surface area (Å²) in [6.07, 6.45) is 3.52. The summed E-state index contributed by atoms with van der Waals surface area (Å²) in [4.78, 5) is 23.4. The van der Waals surface area contributed by atoms with Crippen molar-refractivity contribution in [3.63, 3.8) is 0 Å². The maximum absolute atomic E-state index is 13.1. The Kier molecular flexibility index (Phi) is 6.18. The van der Waals surface area contributed by atoms with Crippen LogP contribution in [-0.2, 0) is 11.3 Å². The van der Waals surface area contributed by atoms with Crippen LogP contribution < -0.4 is 0 Å². The summed E-state index contributed by atoms with van der Waals surface area (Å²) in [7, 11) is 0. The van der Waals surface area contributed by atoms with Crippen LogP contribution >= 0.6 is 22.7 Å². The Morgan fingerprint density at radius 2 is 1.90 bits per heavy atom. The predicted molar refractivity (Wildman–Crippen MR) is 117 cm³/mol. The van der Waals surface area contributed by atoms with E-state index in [2.05, 4.69) is 15.3 Å². The number of amides is 1. The second kappa shape index (κ2) is 8.98. The lowest BCUT2D eigenvalue weighted by Gasteiger charge is -2.33. The van der Waals surface area contributed by atoms with Crippen LogP contribution in [0.4, 0.5) is 4.39 Å². The molecule has 1 saturated heterocycles. The molecule has 1 fully saturated rings. The first-order valence-corrected chi connectivity index (χ1v) is 11.2. The molecule has 150 valence electrons. The van der Waals surface area contributed by atoms with Crippen molar-refractivity contribution in [2.45, 2.75) is 13.5 Å². The van der Waals surface area contributed by atoms with Crippen molar-refractivity contribution in [1.29, 1.82) is 0 Å². The summed E-state index contributed by atoms with van der Waals surface area (Å²) in [6.45, 7) is 6.07. The molecule has 2 aromatic heterocycles. The third-order valence-corrected chi connectivity index (χ3v) is 6.80. The lowest BCUT2D eigenvalue weighted by atomic mass is 10.2. The molecule has 1 aliphatic rings. The standard InChI is InChI=1S/C22H22FN3OS2/c1-16-24-19(15-28-16)14-25-10-12-26(13-11-25)22(27)9-7-20-6-8-21(29-20)17-2-4-18(23)5-3-17/h2-9,15H,10-14H2,1H3/b9-7+. The van der Waals surface area contributed by atoms with Gasteiger partial charge in [-0.1, -0.05) is 12.1 Å². The second-order valence-corrected chi connectivity index (χ2v) is 9.18. The third-order valence-electron chi connectivity index (χ3n) is 4.88. The summed E-state index contributed by atoms with van der Waals surface area (Å²) in [5.74, 6) is -0.191. The zero-order valence-corrected chi connectivity index (χ0v) is 17.8. The zero-order chi connectivity index (χ0) is 20.2. The Balaban J connectivity index is 1.29. The Morgan fingerprint density at radius 3 is 2.59 bits per heavy atom. The number of piperazine rings is 1. The smallest absolute Gasteiger partial charge is 0.246 e. The predicted octanol–water partition coefficient (Wildman–Crippen LogP) is 4.68. The number of benzene rings is 1. The first-order chi connectivity index (χ1) is 14.1. The number of hydrogen-bond acceptors (Lipinski definition) is 5. The SMILES string of the molecule is Cc1nc(CN2CCN(C(=O)/C=C/c3ccc(-c4ccc(F)cc4)s3)CC2)cs1. The van der Waals surface area contributed by atoms with Gasteiger partial charge in [0, 0.05) is 53.9 Å². The lowest BCUT2D eigenvalue weighted by Crippen LogP contribution is -2.47. The molecule has 1 aliphatic heterocycles. The quantitative estimate of drug-likeness (QED) is 0.555. The Hall–Kier alpha value is -2.35. The first-order valence-electron chi connectivity index (χ1n) is 9.53. The van der Waals surface area contributed by atoms with Gasteiger partial charge in [-0.15, -0.1) is 22.7 Å². The molecule has 7 heteroatoms. The number of aromatic nitrogens is 1. The van der Waals surface area contributed by atoms with Gasteiger partial charge in [0.1, 0.15) is 5.82 Å². The molecule has 3 aromatic rings. The third kappa shape index (κ3) is 5.18. The Bertz CT molecular complexity index is 1000. The summed E-state index contributed by atoms with van der Waals surface area (Å²) in [5.41, 5.74) is 2.09. The van der Waals surface area contributed by atoms with Crippen LogP contribution in [0.5, 0.6) is 0 Å². The van der Waals surface area contributed by atoms with Gasteiger partial charge in [-0.2, -0.15) is 0 Å². The molecule has 3 heterocycles. The van der Waals surface area contributed by atoms with Crippen LogP contribution in [0.15, 0.2) is 47.9 Å². The number of carbonyl (C=O) groups excluding carboxylic acids is 1. The Morgan fingerprint density at radius 1 is 1.14 bits per heavy atom. The number of thiazole rings is 1. The molecule has 0 aliphatic carbocycles. The van der Waals surface area contributed by atoms with Crippen LogP contribution in [0.2, 0.25) is 0 Å². The van der Waals surface area contributed by atoms with E-state index in [4.69, 9.17) is 0 Å². The van der Waals surface area contributed by atoms with Crippen molar-refractivity contribution >= 4 is 34.7 Å². The van der Waals surface area contributed by atoms with E-state index >= 15 is 0 Å². The van der Waals surface area contributed by atoms with Crippen LogP contribution in [0.3, 0.4) is 0 Å². The minimum absolute atomic E-state index is 0.0471. The Labute approximate surface area is 177 Å². The number of hydrogen-bond donors (Lipinski definition) is 0. The van der Waals surface area contributed by atoms with E-state index < -0.39 is 0 Å². The van der Waals surface area contributed by atoms with Crippen LogP contribution in [0.1, 0.15) is 15.6 Å². The average Bonchev–Trinajstić information content (AvgIpc) is 3.36. The molecule has 0 atom stereocenters. The van der Waals surface area contributed by atoms with E-state index in [0.29, 0.717) is 0 Å². The number of thiophene rings is 1.